The third-order valence-corrected chi connectivity index (χ3v) is 4.32. The minimum Gasteiger partial charge on any atom is -0.482 e. The van der Waals surface area contributed by atoms with E-state index in [1.165, 1.54) is 5.56 Å². The van der Waals surface area contributed by atoms with Crippen LogP contribution >= 0.6 is 0 Å². The van der Waals surface area contributed by atoms with Crippen molar-refractivity contribution < 1.29 is 24.2 Å². The van der Waals surface area contributed by atoms with E-state index >= 15 is 0 Å². The molecule has 6 heteroatoms. The van der Waals surface area contributed by atoms with Crippen molar-refractivity contribution in [1.29, 1.82) is 0 Å². The Hall–Kier alpha value is -2.86. The number of ether oxygens (including phenoxy) is 2. The number of aliphatic carboxylic acids is 1. The molecule has 26 heavy (non-hydrogen) atoms. The Morgan fingerprint density at radius 3 is 2.54 bits per heavy atom. The van der Waals surface area contributed by atoms with E-state index in [2.05, 4.69) is 11.4 Å². The zero-order valence-electron chi connectivity index (χ0n) is 14.3. The summed E-state index contributed by atoms with van der Waals surface area (Å²) in [6, 6.07) is 14.3. The van der Waals surface area contributed by atoms with Crippen LogP contribution < -0.4 is 10.1 Å². The molecular weight excluding hydrogens is 334 g/mol. The highest BCUT2D eigenvalue weighted by Gasteiger charge is 2.16. The molecule has 0 aliphatic carbocycles. The molecule has 0 radical (unpaired) electrons. The first kappa shape index (κ1) is 17.9. The molecule has 1 heterocycles. The van der Waals surface area contributed by atoms with Gasteiger partial charge in [-0.3, -0.25) is 4.79 Å². The Balaban J connectivity index is 1.63. The van der Waals surface area contributed by atoms with E-state index < -0.39 is 12.6 Å². The third-order valence-electron chi connectivity index (χ3n) is 4.32. The van der Waals surface area contributed by atoms with Gasteiger partial charge in [0.05, 0.1) is 0 Å². The van der Waals surface area contributed by atoms with Gasteiger partial charge in [0.15, 0.2) is 6.61 Å². The van der Waals surface area contributed by atoms with Crippen LogP contribution in [0.15, 0.2) is 48.5 Å². The normalized spacial score (nSPS) is 14.6. The zero-order valence-corrected chi connectivity index (χ0v) is 14.3. The molecule has 1 saturated heterocycles. The molecule has 3 rings (SSSR count). The van der Waals surface area contributed by atoms with Gasteiger partial charge in [-0.05, 0) is 60.7 Å². The van der Waals surface area contributed by atoms with Gasteiger partial charge in [-0.1, -0.05) is 12.1 Å². The number of carboxylic acid groups (broad SMARTS) is 1. The van der Waals surface area contributed by atoms with Crippen LogP contribution in [0.2, 0.25) is 0 Å². The minimum atomic E-state index is -1.05. The van der Waals surface area contributed by atoms with Crippen molar-refractivity contribution in [3.8, 4) is 5.75 Å². The summed E-state index contributed by atoms with van der Waals surface area (Å²) in [7, 11) is 0. The van der Waals surface area contributed by atoms with E-state index in [-0.39, 0.29) is 5.91 Å². The van der Waals surface area contributed by atoms with Crippen LogP contribution in [0.5, 0.6) is 5.75 Å². The van der Waals surface area contributed by atoms with Crippen molar-refractivity contribution in [3.05, 3.63) is 59.7 Å². The highest BCUT2D eigenvalue weighted by atomic mass is 16.5. The largest absolute Gasteiger partial charge is 0.482 e. The maximum atomic E-state index is 12.4. The maximum Gasteiger partial charge on any atom is 0.341 e. The standard InChI is InChI=1S/C20H21NO5/c22-19(23)13-26-18-6-4-15(5-7-18)20(24)21-17-3-1-2-16(12-17)14-8-10-25-11-9-14/h1-7,12,14H,8-11,13H2,(H,21,24)(H,22,23). The van der Waals surface area contributed by atoms with Crippen molar-refractivity contribution in [2.75, 3.05) is 25.1 Å². The Morgan fingerprint density at radius 2 is 1.85 bits per heavy atom. The van der Waals surface area contributed by atoms with Gasteiger partial charge in [-0.15, -0.1) is 0 Å². The zero-order chi connectivity index (χ0) is 18.4. The lowest BCUT2D eigenvalue weighted by molar-refractivity contribution is -0.139. The van der Waals surface area contributed by atoms with Crippen LogP contribution in [-0.4, -0.2) is 36.8 Å². The summed E-state index contributed by atoms with van der Waals surface area (Å²) in [5.41, 5.74) is 2.44. The Morgan fingerprint density at radius 1 is 1.12 bits per heavy atom. The van der Waals surface area contributed by atoms with Crippen molar-refractivity contribution >= 4 is 17.6 Å². The molecule has 0 spiro atoms. The van der Waals surface area contributed by atoms with Crippen LogP contribution in [0, 0.1) is 0 Å². The molecular formula is C20H21NO5. The molecule has 0 bridgehead atoms. The highest BCUT2D eigenvalue weighted by Crippen LogP contribution is 2.28. The van der Waals surface area contributed by atoms with Gasteiger partial charge < -0.3 is 19.9 Å². The molecule has 6 nitrogen and oxygen atoms in total. The van der Waals surface area contributed by atoms with Crippen molar-refractivity contribution in [1.82, 2.24) is 0 Å². The summed E-state index contributed by atoms with van der Waals surface area (Å²) < 4.78 is 10.5. The molecule has 0 aromatic heterocycles. The number of hydrogen-bond donors (Lipinski definition) is 2. The van der Waals surface area contributed by atoms with Gasteiger partial charge in [0.25, 0.3) is 5.91 Å². The summed E-state index contributed by atoms with van der Waals surface area (Å²) in [6.45, 7) is 1.14. The molecule has 2 aromatic carbocycles. The summed E-state index contributed by atoms with van der Waals surface area (Å²) in [5, 5.41) is 11.5. The average Bonchev–Trinajstić information content (AvgIpc) is 2.67. The lowest BCUT2D eigenvalue weighted by atomic mass is 9.91. The molecule has 1 aliphatic rings. The second-order valence-electron chi connectivity index (χ2n) is 6.17. The van der Waals surface area contributed by atoms with E-state index in [1.807, 2.05) is 18.2 Å². The van der Waals surface area contributed by atoms with Crippen molar-refractivity contribution in [3.63, 3.8) is 0 Å². The number of carbonyl (C=O) groups excluding carboxylic acids is 1. The number of amides is 1. The van der Waals surface area contributed by atoms with Crippen molar-refractivity contribution in [2.24, 2.45) is 0 Å². The summed E-state index contributed by atoms with van der Waals surface area (Å²) in [6.07, 6.45) is 1.99. The molecule has 136 valence electrons. The van der Waals surface area contributed by atoms with E-state index in [0.717, 1.165) is 31.7 Å². The Kier molecular flexibility index (Phi) is 5.86. The molecule has 1 fully saturated rings. The molecule has 0 unspecified atom stereocenters. The number of rotatable bonds is 6. The molecule has 2 N–H and O–H groups in total. The quantitative estimate of drug-likeness (QED) is 0.830. The number of carbonyl (C=O) groups is 2. The predicted octanol–water partition coefficient (Wildman–Crippen LogP) is 3.30. The molecule has 1 aliphatic heterocycles. The fourth-order valence-electron chi connectivity index (χ4n) is 2.95. The summed E-state index contributed by atoms with van der Waals surface area (Å²) in [5.74, 6) is -0.396. The van der Waals surface area contributed by atoms with E-state index in [4.69, 9.17) is 14.6 Å². The third kappa shape index (κ3) is 4.83. The lowest BCUT2D eigenvalue weighted by Gasteiger charge is -2.22. The molecule has 1 amide bonds. The Labute approximate surface area is 151 Å². The first-order chi connectivity index (χ1) is 12.6. The van der Waals surface area contributed by atoms with E-state index in [9.17, 15) is 9.59 Å². The lowest BCUT2D eigenvalue weighted by Crippen LogP contribution is -2.15. The topological polar surface area (TPSA) is 84.9 Å². The van der Waals surface area contributed by atoms with Gasteiger partial charge >= 0.3 is 5.97 Å². The van der Waals surface area contributed by atoms with Gasteiger partial charge in [0.2, 0.25) is 0 Å². The van der Waals surface area contributed by atoms with Gasteiger partial charge in [-0.25, -0.2) is 4.79 Å². The van der Waals surface area contributed by atoms with Crippen LogP contribution in [0.1, 0.15) is 34.7 Å². The molecule has 2 aromatic rings. The first-order valence-corrected chi connectivity index (χ1v) is 8.55. The molecule has 0 atom stereocenters. The summed E-state index contributed by atoms with van der Waals surface area (Å²) in [4.78, 5) is 22.9. The van der Waals surface area contributed by atoms with Crippen LogP contribution in [0.4, 0.5) is 5.69 Å². The van der Waals surface area contributed by atoms with Crippen LogP contribution in [0.25, 0.3) is 0 Å². The second-order valence-corrected chi connectivity index (χ2v) is 6.17. The number of nitrogens with one attached hydrogen (secondary N) is 1. The molecule has 0 saturated carbocycles. The monoisotopic (exact) mass is 355 g/mol. The maximum absolute atomic E-state index is 12.4. The van der Waals surface area contributed by atoms with Gasteiger partial charge in [-0.2, -0.15) is 0 Å². The first-order valence-electron chi connectivity index (χ1n) is 8.55. The fraction of sp³-hybridized carbons (Fsp3) is 0.300. The number of carboxylic acids is 1. The van der Waals surface area contributed by atoms with Crippen LogP contribution in [-0.2, 0) is 9.53 Å². The SMILES string of the molecule is O=C(O)COc1ccc(C(=O)Nc2cccc(C3CCOCC3)c2)cc1. The number of benzene rings is 2. The highest BCUT2D eigenvalue weighted by molar-refractivity contribution is 6.04. The smallest absolute Gasteiger partial charge is 0.341 e. The minimum absolute atomic E-state index is 0.223. The number of anilines is 1. The van der Waals surface area contributed by atoms with Crippen LogP contribution in [0.3, 0.4) is 0 Å². The van der Waals surface area contributed by atoms with Gasteiger partial charge in [0.1, 0.15) is 5.75 Å². The van der Waals surface area contributed by atoms with Crippen molar-refractivity contribution in [2.45, 2.75) is 18.8 Å². The number of hydrogen-bond acceptors (Lipinski definition) is 4. The van der Waals surface area contributed by atoms with E-state index in [0.29, 0.717) is 17.2 Å². The average molecular weight is 355 g/mol. The predicted molar refractivity (Wildman–Crippen MR) is 96.8 cm³/mol. The Bertz CT molecular complexity index is 766. The summed E-state index contributed by atoms with van der Waals surface area (Å²) >= 11 is 0. The van der Waals surface area contributed by atoms with Gasteiger partial charge in [0, 0.05) is 24.5 Å². The van der Waals surface area contributed by atoms with E-state index in [1.54, 1.807) is 24.3 Å². The second kappa shape index (κ2) is 8.49. The fourth-order valence-corrected chi connectivity index (χ4v) is 2.95.